The van der Waals surface area contributed by atoms with Crippen molar-refractivity contribution >= 4 is 22.5 Å². The first-order valence-electron chi connectivity index (χ1n) is 8.87. The molecule has 3 rings (SSSR count). The maximum atomic E-state index is 13.7. The highest BCUT2D eigenvalue weighted by Gasteiger charge is 2.22. The summed E-state index contributed by atoms with van der Waals surface area (Å²) in [7, 11) is 0. The number of ether oxygens (including phenoxy) is 1. The van der Waals surface area contributed by atoms with Gasteiger partial charge in [0.2, 0.25) is 5.88 Å². The molecule has 0 saturated heterocycles. The van der Waals surface area contributed by atoms with Crippen molar-refractivity contribution in [2.75, 3.05) is 6.61 Å². The summed E-state index contributed by atoms with van der Waals surface area (Å²) in [6.45, 7) is 6.51. The summed E-state index contributed by atoms with van der Waals surface area (Å²) >= 11 is 6.38. The van der Waals surface area contributed by atoms with Gasteiger partial charge in [-0.05, 0) is 55.2 Å². The first kappa shape index (κ1) is 19.5. The van der Waals surface area contributed by atoms with Crippen LogP contribution in [0, 0.1) is 11.7 Å². The quantitative estimate of drug-likeness (QED) is 0.629. The Balaban J connectivity index is 1.87. The van der Waals surface area contributed by atoms with Gasteiger partial charge < -0.3 is 10.5 Å². The van der Waals surface area contributed by atoms with Crippen LogP contribution in [0.3, 0.4) is 0 Å². The Morgan fingerprint density at radius 1 is 1.22 bits per heavy atom. The first-order valence-corrected chi connectivity index (χ1v) is 9.25. The molecule has 2 aromatic heterocycles. The molecule has 3 aromatic rings. The summed E-state index contributed by atoms with van der Waals surface area (Å²) in [5.74, 6) is 0.489. The SMILES string of the molecule is CC(C)C[C@](C)(N)COc1ncc(-c2ccnc3ccc(F)cc23)cc1Cl. The van der Waals surface area contributed by atoms with Crippen LogP contribution in [0.15, 0.2) is 42.7 Å². The molecule has 4 nitrogen and oxygen atoms in total. The summed E-state index contributed by atoms with van der Waals surface area (Å²) in [6, 6.07) is 8.08. The smallest absolute Gasteiger partial charge is 0.232 e. The van der Waals surface area contributed by atoms with Crippen LogP contribution in [-0.2, 0) is 0 Å². The third kappa shape index (κ3) is 4.73. The summed E-state index contributed by atoms with van der Waals surface area (Å²) in [6.07, 6.45) is 4.17. The van der Waals surface area contributed by atoms with E-state index in [4.69, 9.17) is 22.1 Å². The fraction of sp³-hybridized carbons (Fsp3) is 0.333. The lowest BCUT2D eigenvalue weighted by atomic mass is 9.93. The van der Waals surface area contributed by atoms with Gasteiger partial charge in [0.05, 0.1) is 5.52 Å². The lowest BCUT2D eigenvalue weighted by molar-refractivity contribution is 0.201. The fourth-order valence-electron chi connectivity index (χ4n) is 3.27. The van der Waals surface area contributed by atoms with E-state index in [-0.39, 0.29) is 5.82 Å². The second kappa shape index (κ2) is 7.79. The van der Waals surface area contributed by atoms with Gasteiger partial charge >= 0.3 is 0 Å². The second-order valence-electron chi connectivity index (χ2n) is 7.57. The van der Waals surface area contributed by atoms with E-state index in [1.807, 2.05) is 13.0 Å². The molecule has 0 aliphatic carbocycles. The van der Waals surface area contributed by atoms with E-state index in [1.54, 1.807) is 24.5 Å². The van der Waals surface area contributed by atoms with Crippen LogP contribution >= 0.6 is 11.6 Å². The van der Waals surface area contributed by atoms with Crippen LogP contribution in [0.5, 0.6) is 5.88 Å². The Labute approximate surface area is 163 Å². The predicted octanol–water partition coefficient (Wildman–Crippen LogP) is 5.23. The summed E-state index contributed by atoms with van der Waals surface area (Å²) in [5, 5.41) is 1.09. The zero-order valence-corrected chi connectivity index (χ0v) is 16.4. The molecule has 0 amide bonds. The number of benzene rings is 1. The normalized spacial score (nSPS) is 13.7. The van der Waals surface area contributed by atoms with Crippen molar-refractivity contribution in [3.63, 3.8) is 0 Å². The van der Waals surface area contributed by atoms with Crippen LogP contribution in [0.4, 0.5) is 4.39 Å². The van der Waals surface area contributed by atoms with Crippen molar-refractivity contribution in [2.24, 2.45) is 11.7 Å². The highest BCUT2D eigenvalue weighted by atomic mass is 35.5. The molecule has 0 aliphatic rings. The van der Waals surface area contributed by atoms with Crippen LogP contribution in [0.1, 0.15) is 27.2 Å². The lowest BCUT2D eigenvalue weighted by Gasteiger charge is -2.26. The lowest BCUT2D eigenvalue weighted by Crippen LogP contribution is -2.43. The van der Waals surface area contributed by atoms with Crippen molar-refractivity contribution in [2.45, 2.75) is 32.7 Å². The van der Waals surface area contributed by atoms with Gasteiger partial charge in [0.1, 0.15) is 17.4 Å². The molecule has 0 saturated carbocycles. The van der Waals surface area contributed by atoms with E-state index >= 15 is 0 Å². The van der Waals surface area contributed by atoms with Gasteiger partial charge in [-0.15, -0.1) is 0 Å². The number of hydrogen-bond donors (Lipinski definition) is 1. The van der Waals surface area contributed by atoms with Crippen molar-refractivity contribution in [3.05, 3.63) is 53.6 Å². The average molecular weight is 388 g/mol. The summed E-state index contributed by atoms with van der Waals surface area (Å²) in [5.41, 5.74) is 8.10. The number of aromatic nitrogens is 2. The van der Waals surface area contributed by atoms with E-state index in [1.165, 1.54) is 12.1 Å². The zero-order valence-electron chi connectivity index (χ0n) is 15.7. The summed E-state index contributed by atoms with van der Waals surface area (Å²) < 4.78 is 19.4. The minimum Gasteiger partial charge on any atom is -0.475 e. The zero-order chi connectivity index (χ0) is 19.6. The molecular formula is C21H23ClFN3O. The minimum atomic E-state index is -0.462. The van der Waals surface area contributed by atoms with Crippen LogP contribution in [0.25, 0.3) is 22.0 Å². The first-order chi connectivity index (χ1) is 12.7. The molecular weight excluding hydrogens is 365 g/mol. The van der Waals surface area contributed by atoms with Gasteiger partial charge in [-0.2, -0.15) is 0 Å². The Bertz CT molecular complexity index is 959. The number of hydrogen-bond acceptors (Lipinski definition) is 4. The highest BCUT2D eigenvalue weighted by Crippen LogP contribution is 2.32. The number of rotatable bonds is 6. The van der Waals surface area contributed by atoms with E-state index in [0.29, 0.717) is 34.3 Å². The molecule has 0 radical (unpaired) electrons. The molecule has 0 fully saturated rings. The molecule has 0 aliphatic heterocycles. The standard InChI is InChI=1S/C21H23ClFN3O/c1-13(2)10-21(3,24)12-27-20-18(22)8-14(11-26-20)16-6-7-25-19-5-4-15(23)9-17(16)19/h4-9,11,13H,10,12,24H2,1-3H3/t21-/m0/s1. The van der Waals surface area contributed by atoms with Crippen molar-refractivity contribution in [1.29, 1.82) is 0 Å². The number of nitrogens with two attached hydrogens (primary N) is 1. The number of halogens is 2. The van der Waals surface area contributed by atoms with Crippen LogP contribution in [-0.4, -0.2) is 22.1 Å². The molecule has 0 bridgehead atoms. The molecule has 142 valence electrons. The maximum Gasteiger partial charge on any atom is 0.232 e. The van der Waals surface area contributed by atoms with Gasteiger partial charge in [-0.1, -0.05) is 25.4 Å². The van der Waals surface area contributed by atoms with Crippen molar-refractivity contribution in [3.8, 4) is 17.0 Å². The van der Waals surface area contributed by atoms with E-state index < -0.39 is 5.54 Å². The summed E-state index contributed by atoms with van der Waals surface area (Å²) in [4.78, 5) is 8.61. The number of nitrogens with zero attached hydrogens (tertiary/aromatic N) is 2. The van der Waals surface area contributed by atoms with Gasteiger partial charge in [-0.25, -0.2) is 9.37 Å². The molecule has 2 heterocycles. The largest absolute Gasteiger partial charge is 0.475 e. The van der Waals surface area contributed by atoms with Crippen LogP contribution < -0.4 is 10.5 Å². The topological polar surface area (TPSA) is 61.0 Å². The molecule has 1 atom stereocenters. The average Bonchev–Trinajstić information content (AvgIpc) is 2.59. The van der Waals surface area contributed by atoms with Crippen molar-refractivity contribution < 1.29 is 9.13 Å². The Kier molecular flexibility index (Phi) is 5.63. The Morgan fingerprint density at radius 3 is 2.70 bits per heavy atom. The van der Waals surface area contributed by atoms with Gasteiger partial charge in [0.15, 0.2) is 0 Å². The van der Waals surface area contributed by atoms with Gasteiger partial charge in [0, 0.05) is 28.9 Å². The van der Waals surface area contributed by atoms with Crippen LogP contribution in [0.2, 0.25) is 5.02 Å². The third-order valence-corrected chi connectivity index (χ3v) is 4.51. The molecule has 27 heavy (non-hydrogen) atoms. The van der Waals surface area contributed by atoms with Gasteiger partial charge in [0.25, 0.3) is 0 Å². The molecule has 2 N–H and O–H groups in total. The van der Waals surface area contributed by atoms with Crippen molar-refractivity contribution in [1.82, 2.24) is 9.97 Å². The molecule has 1 aromatic carbocycles. The van der Waals surface area contributed by atoms with E-state index in [9.17, 15) is 4.39 Å². The Hall–Kier alpha value is -2.24. The third-order valence-electron chi connectivity index (χ3n) is 4.24. The fourth-order valence-corrected chi connectivity index (χ4v) is 3.49. The maximum absolute atomic E-state index is 13.7. The molecule has 6 heteroatoms. The second-order valence-corrected chi connectivity index (χ2v) is 7.98. The highest BCUT2D eigenvalue weighted by molar-refractivity contribution is 6.32. The molecule has 0 spiro atoms. The van der Waals surface area contributed by atoms with E-state index in [2.05, 4.69) is 23.8 Å². The van der Waals surface area contributed by atoms with Gasteiger partial charge in [-0.3, -0.25) is 4.98 Å². The minimum absolute atomic E-state index is 0.317. The molecule has 0 unspecified atom stereocenters. The predicted molar refractivity (Wildman–Crippen MR) is 107 cm³/mol. The van der Waals surface area contributed by atoms with E-state index in [0.717, 1.165) is 17.5 Å². The monoisotopic (exact) mass is 387 g/mol. The number of pyridine rings is 2. The Morgan fingerprint density at radius 2 is 2.00 bits per heavy atom. The number of fused-ring (bicyclic) bond motifs is 1.